The lowest BCUT2D eigenvalue weighted by Gasteiger charge is -2.22. The van der Waals surface area contributed by atoms with Crippen molar-refractivity contribution in [1.82, 2.24) is 0 Å². The van der Waals surface area contributed by atoms with Gasteiger partial charge < -0.3 is 15.8 Å². The highest BCUT2D eigenvalue weighted by Crippen LogP contribution is 2.33. The number of hydrogen-bond donors (Lipinski definition) is 2. The number of anilines is 2. The first kappa shape index (κ1) is 13.8. The Morgan fingerprint density at radius 2 is 2.17 bits per heavy atom. The summed E-state index contributed by atoms with van der Waals surface area (Å²) < 4.78 is 7.05. The average Bonchev–Trinajstić information content (AvgIpc) is 2.34. The summed E-state index contributed by atoms with van der Waals surface area (Å²) in [4.78, 5) is 12.0. The normalized spacial score (nSPS) is 19.6. The quantitative estimate of drug-likeness (QED) is 0.777. The molecule has 1 atom stereocenters. The summed E-state index contributed by atoms with van der Waals surface area (Å²) in [6.45, 7) is 0.648. The molecule has 98 valence electrons. The van der Waals surface area contributed by atoms with Gasteiger partial charge in [0, 0.05) is 15.6 Å². The van der Waals surface area contributed by atoms with Crippen LogP contribution in [0.3, 0.4) is 0 Å². The Bertz CT molecular complexity index is 436. The molecule has 2 rings (SSSR count). The van der Waals surface area contributed by atoms with Gasteiger partial charge in [-0.15, -0.1) is 0 Å². The summed E-state index contributed by atoms with van der Waals surface area (Å²) >= 11 is 6.73. The molecule has 0 aliphatic carbocycles. The zero-order valence-corrected chi connectivity index (χ0v) is 12.9. The first-order chi connectivity index (χ1) is 8.58. The highest BCUT2D eigenvalue weighted by molar-refractivity contribution is 9.11. The van der Waals surface area contributed by atoms with Crippen LogP contribution in [0.15, 0.2) is 21.1 Å². The lowest BCUT2D eigenvalue weighted by Crippen LogP contribution is -2.33. The number of ether oxygens (including phenoxy) is 1. The Morgan fingerprint density at radius 3 is 2.78 bits per heavy atom. The van der Waals surface area contributed by atoms with Crippen molar-refractivity contribution in [3.05, 3.63) is 21.1 Å². The number of nitrogens with two attached hydrogens (primary N) is 1. The van der Waals surface area contributed by atoms with Crippen LogP contribution in [-0.2, 0) is 9.53 Å². The molecule has 4 nitrogen and oxygen atoms in total. The number of hydrogen-bond acceptors (Lipinski definition) is 3. The van der Waals surface area contributed by atoms with E-state index < -0.39 is 0 Å². The van der Waals surface area contributed by atoms with Gasteiger partial charge in [-0.1, -0.05) is 15.9 Å². The first-order valence-corrected chi connectivity index (χ1v) is 7.33. The number of nitrogens with one attached hydrogen (secondary N) is 1. The van der Waals surface area contributed by atoms with Crippen LogP contribution in [-0.4, -0.2) is 18.6 Å². The summed E-state index contributed by atoms with van der Waals surface area (Å²) in [5.41, 5.74) is 6.99. The van der Waals surface area contributed by atoms with Crippen molar-refractivity contribution in [2.24, 2.45) is 0 Å². The van der Waals surface area contributed by atoms with Crippen molar-refractivity contribution < 1.29 is 9.53 Å². The summed E-state index contributed by atoms with van der Waals surface area (Å²) in [6.07, 6.45) is 2.44. The molecule has 1 fully saturated rings. The Morgan fingerprint density at radius 1 is 1.39 bits per heavy atom. The second-order valence-electron chi connectivity index (χ2n) is 4.20. The zero-order valence-electron chi connectivity index (χ0n) is 9.71. The Hall–Kier alpha value is -0.590. The first-order valence-electron chi connectivity index (χ1n) is 5.75. The zero-order chi connectivity index (χ0) is 13.1. The van der Waals surface area contributed by atoms with Gasteiger partial charge >= 0.3 is 0 Å². The molecule has 1 amide bonds. The third-order valence-electron chi connectivity index (χ3n) is 2.81. The summed E-state index contributed by atoms with van der Waals surface area (Å²) in [6, 6.07) is 3.59. The maximum atomic E-state index is 12.0. The number of nitrogen functional groups attached to an aromatic ring is 1. The molecule has 1 saturated heterocycles. The summed E-state index contributed by atoms with van der Waals surface area (Å²) in [5, 5.41) is 2.82. The average molecular weight is 378 g/mol. The van der Waals surface area contributed by atoms with Crippen LogP contribution in [0.5, 0.6) is 0 Å². The van der Waals surface area contributed by atoms with Crippen molar-refractivity contribution in [2.75, 3.05) is 17.7 Å². The highest BCUT2D eigenvalue weighted by Gasteiger charge is 2.23. The second kappa shape index (κ2) is 6.04. The van der Waals surface area contributed by atoms with Crippen molar-refractivity contribution >= 4 is 49.1 Å². The molecular weight excluding hydrogens is 364 g/mol. The van der Waals surface area contributed by atoms with Gasteiger partial charge in [0.15, 0.2) is 0 Å². The molecule has 18 heavy (non-hydrogen) atoms. The summed E-state index contributed by atoms with van der Waals surface area (Å²) in [7, 11) is 0. The van der Waals surface area contributed by atoms with E-state index in [-0.39, 0.29) is 12.0 Å². The lowest BCUT2D eigenvalue weighted by molar-refractivity contribution is -0.129. The van der Waals surface area contributed by atoms with Crippen molar-refractivity contribution in [3.63, 3.8) is 0 Å². The molecule has 0 aromatic heterocycles. The van der Waals surface area contributed by atoms with Gasteiger partial charge in [-0.25, -0.2) is 0 Å². The van der Waals surface area contributed by atoms with Crippen LogP contribution in [0.1, 0.15) is 19.3 Å². The summed E-state index contributed by atoms with van der Waals surface area (Å²) in [5.74, 6) is -0.135. The SMILES string of the molecule is Nc1cc(Br)cc(Br)c1NC(=O)C1CCCCO1. The molecule has 1 unspecified atom stereocenters. The number of rotatable bonds is 2. The van der Waals surface area contributed by atoms with Crippen molar-refractivity contribution in [3.8, 4) is 0 Å². The van der Waals surface area contributed by atoms with Crippen LogP contribution in [0.2, 0.25) is 0 Å². The molecule has 1 heterocycles. The Balaban J connectivity index is 2.11. The predicted octanol–water partition coefficient (Wildman–Crippen LogP) is 3.30. The standard InChI is InChI=1S/C12H14Br2N2O2/c13-7-5-8(14)11(9(15)6-7)16-12(17)10-3-1-2-4-18-10/h5-6,10H,1-4,15H2,(H,16,17). The fraction of sp³-hybridized carbons (Fsp3) is 0.417. The largest absolute Gasteiger partial charge is 0.397 e. The van der Waals surface area contributed by atoms with E-state index in [1.54, 1.807) is 6.07 Å². The van der Waals surface area contributed by atoms with E-state index in [4.69, 9.17) is 10.5 Å². The van der Waals surface area contributed by atoms with Crippen LogP contribution in [0.4, 0.5) is 11.4 Å². The van der Waals surface area contributed by atoms with E-state index in [0.29, 0.717) is 18.0 Å². The number of benzene rings is 1. The minimum absolute atomic E-state index is 0.135. The number of halogens is 2. The van der Waals surface area contributed by atoms with E-state index in [0.717, 1.165) is 28.2 Å². The van der Waals surface area contributed by atoms with Gasteiger partial charge in [0.1, 0.15) is 6.10 Å². The maximum absolute atomic E-state index is 12.0. The van der Waals surface area contributed by atoms with E-state index in [1.807, 2.05) is 6.07 Å². The third-order valence-corrected chi connectivity index (χ3v) is 3.89. The van der Waals surface area contributed by atoms with Gasteiger partial charge in [-0.2, -0.15) is 0 Å². The molecule has 0 bridgehead atoms. The monoisotopic (exact) mass is 376 g/mol. The van der Waals surface area contributed by atoms with Gasteiger partial charge in [-0.3, -0.25) is 4.79 Å². The van der Waals surface area contributed by atoms with Gasteiger partial charge in [0.2, 0.25) is 0 Å². The maximum Gasteiger partial charge on any atom is 0.253 e. The Labute approximate surface area is 123 Å². The van der Waals surface area contributed by atoms with Gasteiger partial charge in [0.25, 0.3) is 5.91 Å². The van der Waals surface area contributed by atoms with Crippen LogP contribution in [0, 0.1) is 0 Å². The minimum Gasteiger partial charge on any atom is -0.397 e. The minimum atomic E-state index is -0.367. The molecule has 3 N–H and O–H groups in total. The molecule has 0 radical (unpaired) electrons. The molecule has 0 saturated carbocycles. The van der Waals surface area contributed by atoms with Crippen LogP contribution < -0.4 is 11.1 Å². The second-order valence-corrected chi connectivity index (χ2v) is 5.97. The topological polar surface area (TPSA) is 64.3 Å². The van der Waals surface area contributed by atoms with E-state index in [9.17, 15) is 4.79 Å². The Kier molecular flexibility index (Phi) is 4.64. The molecule has 1 aromatic rings. The fourth-order valence-corrected chi connectivity index (χ4v) is 3.23. The van der Waals surface area contributed by atoms with Crippen LogP contribution in [0.25, 0.3) is 0 Å². The van der Waals surface area contributed by atoms with Gasteiger partial charge in [0.05, 0.1) is 11.4 Å². The van der Waals surface area contributed by atoms with E-state index >= 15 is 0 Å². The highest BCUT2D eigenvalue weighted by atomic mass is 79.9. The predicted molar refractivity (Wildman–Crippen MR) is 78.5 cm³/mol. The lowest BCUT2D eigenvalue weighted by atomic mass is 10.1. The van der Waals surface area contributed by atoms with E-state index in [2.05, 4.69) is 37.2 Å². The van der Waals surface area contributed by atoms with Crippen LogP contribution >= 0.6 is 31.9 Å². The van der Waals surface area contributed by atoms with Gasteiger partial charge in [-0.05, 0) is 47.3 Å². The molecular formula is C12H14Br2N2O2. The fourth-order valence-electron chi connectivity index (χ4n) is 1.88. The molecule has 1 aromatic carbocycles. The van der Waals surface area contributed by atoms with Crippen molar-refractivity contribution in [1.29, 1.82) is 0 Å². The third kappa shape index (κ3) is 3.24. The number of carbonyl (C=O) groups is 1. The molecule has 1 aliphatic rings. The molecule has 6 heteroatoms. The molecule has 0 spiro atoms. The smallest absolute Gasteiger partial charge is 0.253 e. The number of carbonyl (C=O) groups excluding carboxylic acids is 1. The number of amides is 1. The van der Waals surface area contributed by atoms with Crippen molar-refractivity contribution in [2.45, 2.75) is 25.4 Å². The van der Waals surface area contributed by atoms with E-state index in [1.165, 1.54) is 0 Å². The molecule has 1 aliphatic heterocycles.